The summed E-state index contributed by atoms with van der Waals surface area (Å²) in [4.78, 5) is 30.7. The molecular weight excluding hydrogens is 544 g/mol. The Morgan fingerprint density at radius 1 is 0.953 bits per heavy atom. The second-order valence-corrected chi connectivity index (χ2v) is 12.3. The van der Waals surface area contributed by atoms with Crippen LogP contribution in [0.3, 0.4) is 0 Å². The van der Waals surface area contributed by atoms with Crippen LogP contribution in [0.15, 0.2) is 60.7 Å². The van der Waals surface area contributed by atoms with Gasteiger partial charge in [-0.25, -0.2) is 0 Å². The molecule has 0 unspecified atom stereocenters. The fourth-order valence-electron chi connectivity index (χ4n) is 5.39. The third-order valence-corrected chi connectivity index (χ3v) is 7.49. The molecule has 0 aromatic heterocycles. The van der Waals surface area contributed by atoms with Gasteiger partial charge in [-0.15, -0.1) is 0 Å². The largest absolute Gasteiger partial charge is 0.454 e. The van der Waals surface area contributed by atoms with Crippen molar-refractivity contribution in [3.05, 3.63) is 71.8 Å². The van der Waals surface area contributed by atoms with Gasteiger partial charge in [-0.2, -0.15) is 0 Å². The highest BCUT2D eigenvalue weighted by Gasteiger charge is 2.22. The number of carbonyl (C=O) groups is 2. The first-order valence-electron chi connectivity index (χ1n) is 14.9. The predicted octanol–water partition coefficient (Wildman–Crippen LogP) is 5.28. The molecule has 0 saturated carbocycles. The number of nitrogens with two attached hydrogens (primary N) is 1. The van der Waals surface area contributed by atoms with Crippen LogP contribution in [0, 0.1) is 5.41 Å². The molecule has 0 radical (unpaired) electrons. The molecule has 9 nitrogen and oxygen atoms in total. The van der Waals surface area contributed by atoms with Crippen LogP contribution in [0.4, 0.5) is 11.4 Å². The molecular formula is C34H42N4O5. The van der Waals surface area contributed by atoms with E-state index in [-0.39, 0.29) is 24.0 Å². The quantitative estimate of drug-likeness (QED) is 0.333. The number of ether oxygens (including phenoxy) is 3. The van der Waals surface area contributed by atoms with Gasteiger partial charge in [-0.05, 0) is 71.5 Å². The van der Waals surface area contributed by atoms with Crippen molar-refractivity contribution in [1.82, 2.24) is 4.90 Å². The zero-order chi connectivity index (χ0) is 30.4. The van der Waals surface area contributed by atoms with E-state index in [1.807, 2.05) is 17.0 Å². The maximum atomic E-state index is 13.6. The van der Waals surface area contributed by atoms with Gasteiger partial charge in [0.1, 0.15) is 0 Å². The SMILES string of the molecule is CC(C)(C)CC(=O)Nc1cc(-c2cccc(CN(CCCN)C(=O)c3ccc4c(c3)OCO4)c2)ccc1N1CCOCC1. The highest BCUT2D eigenvalue weighted by Crippen LogP contribution is 2.35. The van der Waals surface area contributed by atoms with Gasteiger partial charge in [0.15, 0.2) is 11.5 Å². The van der Waals surface area contributed by atoms with E-state index in [4.69, 9.17) is 19.9 Å². The third-order valence-electron chi connectivity index (χ3n) is 7.49. The van der Waals surface area contributed by atoms with Crippen LogP contribution in [0.1, 0.15) is 49.5 Å². The Bertz CT molecular complexity index is 1440. The van der Waals surface area contributed by atoms with E-state index in [0.717, 1.165) is 41.2 Å². The highest BCUT2D eigenvalue weighted by atomic mass is 16.7. The van der Waals surface area contributed by atoms with Gasteiger partial charge in [0.25, 0.3) is 5.91 Å². The lowest BCUT2D eigenvalue weighted by molar-refractivity contribution is -0.117. The highest BCUT2D eigenvalue weighted by molar-refractivity contribution is 5.96. The minimum atomic E-state index is -0.122. The smallest absolute Gasteiger partial charge is 0.254 e. The van der Waals surface area contributed by atoms with Crippen molar-refractivity contribution < 1.29 is 23.8 Å². The number of carbonyl (C=O) groups excluding carboxylic acids is 2. The van der Waals surface area contributed by atoms with E-state index in [0.29, 0.717) is 62.8 Å². The van der Waals surface area contributed by atoms with Crippen LogP contribution >= 0.6 is 0 Å². The first kappa shape index (κ1) is 30.4. The fourth-order valence-corrected chi connectivity index (χ4v) is 5.39. The number of hydrogen-bond acceptors (Lipinski definition) is 7. The molecule has 3 aromatic rings. The summed E-state index contributed by atoms with van der Waals surface area (Å²) in [5, 5.41) is 3.19. The molecule has 2 aliphatic rings. The minimum Gasteiger partial charge on any atom is -0.454 e. The molecule has 9 heteroatoms. The number of rotatable bonds is 10. The number of anilines is 2. The Balaban J connectivity index is 1.40. The number of morpholine rings is 1. The van der Waals surface area contributed by atoms with Crippen LogP contribution in [0.25, 0.3) is 11.1 Å². The molecule has 0 atom stereocenters. The number of amides is 2. The van der Waals surface area contributed by atoms with Crippen molar-refractivity contribution in [2.75, 3.05) is 56.4 Å². The van der Waals surface area contributed by atoms with Gasteiger partial charge in [0.05, 0.1) is 24.6 Å². The zero-order valence-corrected chi connectivity index (χ0v) is 25.4. The van der Waals surface area contributed by atoms with Gasteiger partial charge < -0.3 is 35.1 Å². The summed E-state index contributed by atoms with van der Waals surface area (Å²) in [5.74, 6) is 1.13. The summed E-state index contributed by atoms with van der Waals surface area (Å²) in [6.07, 6.45) is 1.11. The summed E-state index contributed by atoms with van der Waals surface area (Å²) >= 11 is 0. The van der Waals surface area contributed by atoms with Crippen LogP contribution < -0.4 is 25.4 Å². The van der Waals surface area contributed by atoms with Gasteiger partial charge in [0, 0.05) is 38.2 Å². The molecule has 228 valence electrons. The monoisotopic (exact) mass is 586 g/mol. The second-order valence-electron chi connectivity index (χ2n) is 12.3. The molecule has 0 bridgehead atoms. The molecule has 5 rings (SSSR count). The standard InChI is InChI=1S/C34H42N4O5/c1-34(2,3)21-32(39)36-28-19-26(8-10-29(28)37-14-16-41-17-15-37)25-7-4-6-24(18-25)22-38(13-5-12-35)33(40)27-9-11-30-31(20-27)43-23-42-30/h4,6-11,18-20H,5,12-17,21-23,35H2,1-3H3,(H,36,39). The molecule has 43 heavy (non-hydrogen) atoms. The van der Waals surface area contributed by atoms with Gasteiger partial charge in [0.2, 0.25) is 12.7 Å². The van der Waals surface area contributed by atoms with Gasteiger partial charge >= 0.3 is 0 Å². The number of fused-ring (bicyclic) bond motifs is 1. The molecule has 1 saturated heterocycles. The van der Waals surface area contributed by atoms with Gasteiger partial charge in [-0.1, -0.05) is 45.0 Å². The topological polar surface area (TPSA) is 106 Å². The molecule has 2 heterocycles. The average molecular weight is 587 g/mol. The molecule has 1 fully saturated rings. The first-order chi connectivity index (χ1) is 20.7. The van der Waals surface area contributed by atoms with E-state index >= 15 is 0 Å². The number of nitrogens with one attached hydrogen (secondary N) is 1. The van der Waals surface area contributed by atoms with Crippen molar-refractivity contribution in [2.24, 2.45) is 11.1 Å². The number of nitrogens with zero attached hydrogens (tertiary/aromatic N) is 2. The first-order valence-corrected chi connectivity index (χ1v) is 14.9. The van der Waals surface area contributed by atoms with Crippen LogP contribution in [0.5, 0.6) is 11.5 Å². The molecule has 2 aliphatic heterocycles. The molecule has 3 N–H and O–H groups in total. The van der Waals surface area contributed by atoms with E-state index in [9.17, 15) is 9.59 Å². The lowest BCUT2D eigenvalue weighted by Crippen LogP contribution is -2.36. The van der Waals surface area contributed by atoms with E-state index < -0.39 is 0 Å². The maximum Gasteiger partial charge on any atom is 0.254 e. The summed E-state index contributed by atoms with van der Waals surface area (Å²) in [7, 11) is 0. The summed E-state index contributed by atoms with van der Waals surface area (Å²) in [6.45, 7) is 10.7. The van der Waals surface area contributed by atoms with Crippen LogP contribution in [0.2, 0.25) is 0 Å². The van der Waals surface area contributed by atoms with Crippen LogP contribution in [-0.2, 0) is 16.1 Å². The Hall–Kier alpha value is -4.08. The van der Waals surface area contributed by atoms with E-state index in [2.05, 4.69) is 61.3 Å². The van der Waals surface area contributed by atoms with Crippen molar-refractivity contribution in [2.45, 2.75) is 40.2 Å². The molecule has 0 spiro atoms. The van der Waals surface area contributed by atoms with E-state index in [1.165, 1.54) is 0 Å². The summed E-state index contributed by atoms with van der Waals surface area (Å²) < 4.78 is 16.5. The Morgan fingerprint density at radius 3 is 2.49 bits per heavy atom. The van der Waals surface area contributed by atoms with Crippen molar-refractivity contribution >= 4 is 23.2 Å². The Labute approximate surface area is 253 Å². The Kier molecular flexibility index (Phi) is 9.52. The molecule has 3 aromatic carbocycles. The van der Waals surface area contributed by atoms with Crippen LogP contribution in [-0.4, -0.2) is 62.9 Å². The fraction of sp³-hybridized carbons (Fsp3) is 0.412. The summed E-state index contributed by atoms with van der Waals surface area (Å²) in [5.41, 5.74) is 11.0. The normalized spacial score (nSPS) is 14.5. The lowest BCUT2D eigenvalue weighted by Gasteiger charge is -2.31. The zero-order valence-electron chi connectivity index (χ0n) is 25.4. The minimum absolute atomic E-state index is 0.00881. The van der Waals surface area contributed by atoms with Crippen molar-refractivity contribution in [3.8, 4) is 22.6 Å². The number of benzene rings is 3. The second kappa shape index (κ2) is 13.5. The lowest BCUT2D eigenvalue weighted by atomic mass is 9.92. The molecule has 0 aliphatic carbocycles. The van der Waals surface area contributed by atoms with Crippen molar-refractivity contribution in [1.29, 1.82) is 0 Å². The van der Waals surface area contributed by atoms with Crippen molar-refractivity contribution in [3.63, 3.8) is 0 Å². The van der Waals surface area contributed by atoms with Gasteiger partial charge in [-0.3, -0.25) is 9.59 Å². The summed E-state index contributed by atoms with van der Waals surface area (Å²) in [6, 6.07) is 19.7. The van der Waals surface area contributed by atoms with E-state index in [1.54, 1.807) is 18.2 Å². The molecule has 2 amide bonds. The third kappa shape index (κ3) is 7.86. The maximum absolute atomic E-state index is 13.6. The number of hydrogen-bond donors (Lipinski definition) is 2. The average Bonchev–Trinajstić information content (AvgIpc) is 3.47. The Morgan fingerprint density at radius 2 is 1.72 bits per heavy atom. The predicted molar refractivity (Wildman–Crippen MR) is 169 cm³/mol.